The predicted molar refractivity (Wildman–Crippen MR) is 271 cm³/mol. The van der Waals surface area contributed by atoms with Gasteiger partial charge >= 0.3 is 0 Å². The zero-order valence-electron chi connectivity index (χ0n) is 37.3. The quantitative estimate of drug-likeness (QED) is 0.161. The number of rotatable bonds is 5. The van der Waals surface area contributed by atoms with E-state index < -0.39 is 0 Å². The molecule has 0 saturated carbocycles. The molecule has 3 aliphatic rings. The number of furan rings is 2. The Bertz CT molecular complexity index is 3520. The lowest BCUT2D eigenvalue weighted by molar-refractivity contribution is 0.172. The SMILES string of the molecule is Cc1cc2c3c(c1)N(c1c(-c4ccccc4)ccc4c1OCCO4)c1ccc(C(C)(C)C)cc1B3c1ccc(-c3cc4ccccc4o3)cc1N2c1cccc(-c2cc3ccccc3o2)c1. The molecular weight excluding hydrogens is 811 g/mol. The van der Waals surface area contributed by atoms with Gasteiger partial charge in [-0.3, -0.25) is 0 Å². The monoisotopic (exact) mass is 856 g/mol. The first-order valence-corrected chi connectivity index (χ1v) is 22.8. The summed E-state index contributed by atoms with van der Waals surface area (Å²) in [5.74, 6) is 3.17. The summed E-state index contributed by atoms with van der Waals surface area (Å²) in [6.07, 6.45) is 0. The number of anilines is 6. The van der Waals surface area contributed by atoms with Crippen LogP contribution in [-0.2, 0) is 5.41 Å². The largest absolute Gasteiger partial charge is 0.486 e. The van der Waals surface area contributed by atoms with E-state index in [0.29, 0.717) is 13.2 Å². The topological polar surface area (TPSA) is 51.2 Å². The zero-order valence-corrected chi connectivity index (χ0v) is 37.3. The Kier molecular flexibility index (Phi) is 8.51. The normalized spacial score (nSPS) is 13.8. The van der Waals surface area contributed by atoms with Crippen molar-refractivity contribution >= 4 is 79.2 Å². The first-order chi connectivity index (χ1) is 32.2. The van der Waals surface area contributed by atoms with Crippen molar-refractivity contribution in [3.8, 4) is 45.3 Å². The Morgan fingerprint density at radius 1 is 0.500 bits per heavy atom. The number of hydrogen-bond donors (Lipinski definition) is 0. The number of fused-ring (bicyclic) bond motifs is 7. The van der Waals surface area contributed by atoms with Crippen LogP contribution >= 0.6 is 0 Å². The molecule has 3 aliphatic heterocycles. The minimum absolute atomic E-state index is 0.0971. The van der Waals surface area contributed by atoms with Crippen molar-refractivity contribution < 1.29 is 18.3 Å². The van der Waals surface area contributed by atoms with Gasteiger partial charge in [-0.25, -0.2) is 0 Å². The Hall–Kier alpha value is -7.90. The van der Waals surface area contributed by atoms with Gasteiger partial charge in [0.25, 0.3) is 6.71 Å². The maximum atomic E-state index is 6.71. The number of nitrogens with zero attached hydrogens (tertiary/aromatic N) is 2. The van der Waals surface area contributed by atoms with E-state index in [9.17, 15) is 0 Å². The third kappa shape index (κ3) is 6.03. The van der Waals surface area contributed by atoms with Gasteiger partial charge in [-0.2, -0.15) is 0 Å². The number of para-hydroxylation sites is 2. The van der Waals surface area contributed by atoms with Gasteiger partial charge in [0.1, 0.15) is 41.6 Å². The van der Waals surface area contributed by atoms with E-state index in [1.165, 1.54) is 22.0 Å². The molecule has 6 nitrogen and oxygen atoms in total. The molecule has 8 aromatic carbocycles. The van der Waals surface area contributed by atoms with Gasteiger partial charge < -0.3 is 28.1 Å². The van der Waals surface area contributed by atoms with Crippen LogP contribution in [-0.4, -0.2) is 19.9 Å². The summed E-state index contributed by atoms with van der Waals surface area (Å²) in [5, 5.41) is 2.16. The minimum Gasteiger partial charge on any atom is -0.486 e. The molecule has 0 spiro atoms. The van der Waals surface area contributed by atoms with Crippen molar-refractivity contribution in [1.29, 1.82) is 0 Å². The van der Waals surface area contributed by atoms with Crippen molar-refractivity contribution in [2.75, 3.05) is 23.0 Å². The summed E-state index contributed by atoms with van der Waals surface area (Å²) in [5.41, 5.74) is 18.4. The van der Waals surface area contributed by atoms with Gasteiger partial charge in [-0.15, -0.1) is 0 Å². The van der Waals surface area contributed by atoms with E-state index in [1.807, 2.05) is 24.3 Å². The minimum atomic E-state index is -0.101. The highest BCUT2D eigenvalue weighted by molar-refractivity contribution is 7.00. The van der Waals surface area contributed by atoms with Crippen LogP contribution in [0.3, 0.4) is 0 Å². The molecule has 0 amide bonds. The Balaban J connectivity index is 1.11. The molecule has 0 atom stereocenters. The average molecular weight is 857 g/mol. The van der Waals surface area contributed by atoms with Crippen LogP contribution in [0.4, 0.5) is 34.1 Å². The third-order valence-corrected chi connectivity index (χ3v) is 13.6. The van der Waals surface area contributed by atoms with Crippen LogP contribution in [0.1, 0.15) is 31.9 Å². The van der Waals surface area contributed by atoms with Crippen LogP contribution in [0.5, 0.6) is 11.5 Å². The van der Waals surface area contributed by atoms with E-state index in [1.54, 1.807) is 0 Å². The fourth-order valence-corrected chi connectivity index (χ4v) is 10.5. The van der Waals surface area contributed by atoms with E-state index >= 15 is 0 Å². The second kappa shape index (κ2) is 14.6. The summed E-state index contributed by atoms with van der Waals surface area (Å²) < 4.78 is 26.1. The molecular formula is C59H45BN2O4. The highest BCUT2D eigenvalue weighted by Gasteiger charge is 2.45. The summed E-state index contributed by atoms with van der Waals surface area (Å²) in [7, 11) is 0. The van der Waals surface area contributed by atoms with Crippen LogP contribution in [0.2, 0.25) is 0 Å². The molecule has 66 heavy (non-hydrogen) atoms. The average Bonchev–Trinajstić information content (AvgIpc) is 3.99. The molecule has 2 aromatic heterocycles. The number of ether oxygens (including phenoxy) is 2. The van der Waals surface area contributed by atoms with Gasteiger partial charge in [0.15, 0.2) is 11.5 Å². The molecule has 0 N–H and O–H groups in total. The van der Waals surface area contributed by atoms with Crippen molar-refractivity contribution in [2.45, 2.75) is 33.1 Å². The van der Waals surface area contributed by atoms with Gasteiger partial charge in [-0.1, -0.05) is 124 Å². The maximum Gasteiger partial charge on any atom is 0.252 e. The Labute approximate surface area is 384 Å². The smallest absolute Gasteiger partial charge is 0.252 e. The van der Waals surface area contributed by atoms with Crippen molar-refractivity contribution in [3.63, 3.8) is 0 Å². The second-order valence-corrected chi connectivity index (χ2v) is 18.8. The molecule has 13 rings (SSSR count). The van der Waals surface area contributed by atoms with E-state index in [0.717, 1.165) is 107 Å². The fourth-order valence-electron chi connectivity index (χ4n) is 10.5. The molecule has 5 heterocycles. The molecule has 0 saturated heterocycles. The molecule has 7 heteroatoms. The molecule has 10 aromatic rings. The second-order valence-electron chi connectivity index (χ2n) is 18.8. The lowest BCUT2D eigenvalue weighted by atomic mass is 9.33. The van der Waals surface area contributed by atoms with Crippen LogP contribution in [0.25, 0.3) is 55.7 Å². The Morgan fingerprint density at radius 2 is 1.17 bits per heavy atom. The molecule has 318 valence electrons. The Morgan fingerprint density at radius 3 is 1.89 bits per heavy atom. The van der Waals surface area contributed by atoms with Gasteiger partial charge in [-0.05, 0) is 118 Å². The van der Waals surface area contributed by atoms with Gasteiger partial charge in [0, 0.05) is 55.9 Å². The predicted octanol–water partition coefficient (Wildman–Crippen LogP) is 13.6. The number of benzene rings is 8. The zero-order chi connectivity index (χ0) is 44.3. The molecule has 0 aliphatic carbocycles. The van der Waals surface area contributed by atoms with Crippen LogP contribution in [0.15, 0.2) is 185 Å². The summed E-state index contributed by atoms with van der Waals surface area (Å²) in [4.78, 5) is 4.93. The van der Waals surface area contributed by atoms with Crippen LogP contribution in [0, 0.1) is 6.92 Å². The number of hydrogen-bond acceptors (Lipinski definition) is 6. The lowest BCUT2D eigenvalue weighted by Gasteiger charge is -2.45. The van der Waals surface area contributed by atoms with Crippen molar-refractivity contribution in [1.82, 2.24) is 0 Å². The molecule has 0 radical (unpaired) electrons. The first-order valence-electron chi connectivity index (χ1n) is 22.8. The van der Waals surface area contributed by atoms with Gasteiger partial charge in [0.05, 0.1) is 0 Å². The van der Waals surface area contributed by atoms with Crippen LogP contribution < -0.4 is 35.7 Å². The standard InChI is InChI=1S/C59H45BN2O4/c1-36-29-49-56-50(30-36)62(57-44(37-13-6-5-7-14-37)23-26-53-58(57)64-28-27-63-53)47-25-22-42(59(2,3)4)35-46(47)60(56)45-24-21-41(55-34-40-16-9-11-20-52(40)66-55)32-48(45)61(49)43-18-12-17-38(31-43)54-33-39-15-8-10-19-51(39)65-54/h5-26,29-35H,27-28H2,1-4H3. The first kappa shape index (κ1) is 38.6. The number of aryl methyl sites for hydroxylation is 1. The van der Waals surface area contributed by atoms with Crippen molar-refractivity contribution in [3.05, 3.63) is 187 Å². The summed E-state index contributed by atoms with van der Waals surface area (Å²) >= 11 is 0. The third-order valence-electron chi connectivity index (χ3n) is 13.6. The maximum absolute atomic E-state index is 6.71. The highest BCUT2D eigenvalue weighted by Crippen LogP contribution is 2.54. The molecule has 0 bridgehead atoms. The van der Waals surface area contributed by atoms with E-state index in [2.05, 4.69) is 189 Å². The van der Waals surface area contributed by atoms with E-state index in [4.69, 9.17) is 18.3 Å². The molecule has 0 unspecified atom stereocenters. The van der Waals surface area contributed by atoms with Crippen molar-refractivity contribution in [2.24, 2.45) is 0 Å². The highest BCUT2D eigenvalue weighted by atomic mass is 16.6. The van der Waals surface area contributed by atoms with Gasteiger partial charge in [0.2, 0.25) is 0 Å². The summed E-state index contributed by atoms with van der Waals surface area (Å²) in [6, 6.07) is 63.2. The van der Waals surface area contributed by atoms with E-state index in [-0.39, 0.29) is 12.1 Å². The lowest BCUT2D eigenvalue weighted by Crippen LogP contribution is -2.61. The molecule has 0 fully saturated rings. The summed E-state index contributed by atoms with van der Waals surface area (Å²) in [6.45, 7) is 9.98. The fraction of sp³-hybridized carbons (Fsp3) is 0.119.